The smallest absolute Gasteiger partial charge is 0.227 e. The molecule has 164 valence electrons. The molecule has 8 heteroatoms. The Hall–Kier alpha value is -3.42. The number of ether oxygens (including phenoxy) is 4. The van der Waals surface area contributed by atoms with Crippen LogP contribution in [0.5, 0.6) is 23.0 Å². The zero-order valence-electron chi connectivity index (χ0n) is 17.8. The van der Waals surface area contributed by atoms with Crippen molar-refractivity contribution in [2.45, 2.75) is 19.4 Å². The van der Waals surface area contributed by atoms with Gasteiger partial charge in [0.1, 0.15) is 24.7 Å². The number of amides is 2. The molecule has 2 aliphatic rings. The Morgan fingerprint density at radius 1 is 1.10 bits per heavy atom. The van der Waals surface area contributed by atoms with Crippen LogP contribution in [-0.2, 0) is 9.59 Å². The van der Waals surface area contributed by atoms with Crippen molar-refractivity contribution in [2.24, 2.45) is 5.92 Å². The van der Waals surface area contributed by atoms with E-state index in [1.54, 1.807) is 43.4 Å². The summed E-state index contributed by atoms with van der Waals surface area (Å²) in [5.41, 5.74) is 1.51. The van der Waals surface area contributed by atoms with Gasteiger partial charge in [-0.1, -0.05) is 0 Å². The number of hydrogen-bond acceptors (Lipinski definition) is 6. The predicted molar refractivity (Wildman–Crippen MR) is 114 cm³/mol. The Bertz CT molecular complexity index is 992. The molecule has 0 saturated carbocycles. The van der Waals surface area contributed by atoms with Crippen molar-refractivity contribution in [3.05, 3.63) is 42.0 Å². The van der Waals surface area contributed by atoms with Gasteiger partial charge in [-0.2, -0.15) is 0 Å². The van der Waals surface area contributed by atoms with E-state index < -0.39 is 5.92 Å². The lowest BCUT2D eigenvalue weighted by atomic mass is 10.0. The normalized spacial score (nSPS) is 18.5. The van der Waals surface area contributed by atoms with Gasteiger partial charge in [-0.3, -0.25) is 9.59 Å². The SMILES string of the molecule is COc1ccc(OC)c(C(C)NC(=O)C2CC(=O)N(c3ccc4c(c3)OCCO4)C2)c1. The molecule has 0 spiro atoms. The summed E-state index contributed by atoms with van der Waals surface area (Å²) in [6.45, 7) is 3.17. The van der Waals surface area contributed by atoms with Crippen LogP contribution in [0.15, 0.2) is 36.4 Å². The fraction of sp³-hybridized carbons (Fsp3) is 0.391. The van der Waals surface area contributed by atoms with Crippen molar-refractivity contribution in [1.29, 1.82) is 0 Å². The lowest BCUT2D eigenvalue weighted by Gasteiger charge is -2.22. The van der Waals surface area contributed by atoms with E-state index in [-0.39, 0.29) is 24.3 Å². The summed E-state index contributed by atoms with van der Waals surface area (Å²) >= 11 is 0. The number of benzene rings is 2. The Morgan fingerprint density at radius 3 is 2.61 bits per heavy atom. The molecule has 4 rings (SSSR count). The molecule has 0 aliphatic carbocycles. The number of carbonyl (C=O) groups is 2. The molecular weight excluding hydrogens is 400 g/mol. The Kier molecular flexibility index (Phi) is 5.88. The fourth-order valence-electron chi connectivity index (χ4n) is 3.92. The molecule has 2 unspecified atom stereocenters. The van der Waals surface area contributed by atoms with E-state index in [0.29, 0.717) is 48.4 Å². The minimum Gasteiger partial charge on any atom is -0.497 e. The summed E-state index contributed by atoms with van der Waals surface area (Å²) in [4.78, 5) is 27.2. The second-order valence-corrected chi connectivity index (χ2v) is 7.57. The lowest BCUT2D eigenvalue weighted by molar-refractivity contribution is -0.126. The second-order valence-electron chi connectivity index (χ2n) is 7.57. The maximum Gasteiger partial charge on any atom is 0.227 e. The topological polar surface area (TPSA) is 86.3 Å². The quantitative estimate of drug-likeness (QED) is 0.764. The third-order valence-electron chi connectivity index (χ3n) is 5.60. The number of fused-ring (bicyclic) bond motifs is 1. The zero-order chi connectivity index (χ0) is 22.0. The first kappa shape index (κ1) is 20.8. The number of nitrogens with zero attached hydrogens (tertiary/aromatic N) is 1. The van der Waals surface area contributed by atoms with Crippen molar-refractivity contribution in [1.82, 2.24) is 5.32 Å². The lowest BCUT2D eigenvalue weighted by Crippen LogP contribution is -2.34. The van der Waals surface area contributed by atoms with Crippen molar-refractivity contribution in [3.8, 4) is 23.0 Å². The number of nitrogens with one attached hydrogen (secondary N) is 1. The summed E-state index contributed by atoms with van der Waals surface area (Å²) < 4.78 is 21.9. The largest absolute Gasteiger partial charge is 0.497 e. The summed E-state index contributed by atoms with van der Waals surface area (Å²) in [6, 6.07) is 10.5. The minimum atomic E-state index is -0.445. The molecular formula is C23H26N2O6. The second kappa shape index (κ2) is 8.75. The maximum atomic E-state index is 12.9. The Labute approximate surface area is 181 Å². The summed E-state index contributed by atoms with van der Waals surface area (Å²) in [5, 5.41) is 3.01. The van der Waals surface area contributed by atoms with E-state index in [9.17, 15) is 9.59 Å². The van der Waals surface area contributed by atoms with Crippen LogP contribution in [0.4, 0.5) is 5.69 Å². The highest BCUT2D eigenvalue weighted by Crippen LogP contribution is 2.36. The molecule has 0 bridgehead atoms. The van der Waals surface area contributed by atoms with Crippen LogP contribution in [0.3, 0.4) is 0 Å². The van der Waals surface area contributed by atoms with Gasteiger partial charge in [0.25, 0.3) is 0 Å². The summed E-state index contributed by atoms with van der Waals surface area (Å²) in [5.74, 6) is 1.90. The molecule has 2 amide bonds. The van der Waals surface area contributed by atoms with Crippen LogP contribution in [-0.4, -0.2) is 45.8 Å². The van der Waals surface area contributed by atoms with Crippen LogP contribution in [0.25, 0.3) is 0 Å². The fourth-order valence-corrected chi connectivity index (χ4v) is 3.92. The number of methoxy groups -OCH3 is 2. The zero-order valence-corrected chi connectivity index (χ0v) is 17.8. The molecule has 2 heterocycles. The van der Waals surface area contributed by atoms with E-state index in [1.807, 2.05) is 19.1 Å². The molecule has 1 fully saturated rings. The Morgan fingerprint density at radius 2 is 1.87 bits per heavy atom. The van der Waals surface area contributed by atoms with E-state index in [0.717, 1.165) is 5.56 Å². The van der Waals surface area contributed by atoms with Crippen LogP contribution in [0.1, 0.15) is 24.9 Å². The van der Waals surface area contributed by atoms with E-state index in [1.165, 1.54) is 0 Å². The number of carbonyl (C=O) groups excluding carboxylic acids is 2. The van der Waals surface area contributed by atoms with Crippen LogP contribution in [0.2, 0.25) is 0 Å². The van der Waals surface area contributed by atoms with Gasteiger partial charge in [0.05, 0.1) is 26.2 Å². The predicted octanol–water partition coefficient (Wildman–Crippen LogP) is 2.71. The number of hydrogen-bond donors (Lipinski definition) is 1. The molecule has 0 radical (unpaired) electrons. The highest BCUT2D eigenvalue weighted by molar-refractivity contribution is 6.00. The van der Waals surface area contributed by atoms with Crippen molar-refractivity contribution < 1.29 is 28.5 Å². The molecule has 1 saturated heterocycles. The van der Waals surface area contributed by atoms with Gasteiger partial charge >= 0.3 is 0 Å². The highest BCUT2D eigenvalue weighted by atomic mass is 16.6. The molecule has 2 aromatic rings. The molecule has 8 nitrogen and oxygen atoms in total. The minimum absolute atomic E-state index is 0.0940. The van der Waals surface area contributed by atoms with Gasteiger partial charge in [-0.05, 0) is 37.3 Å². The summed E-state index contributed by atoms with van der Waals surface area (Å²) in [6.07, 6.45) is 0.155. The highest BCUT2D eigenvalue weighted by Gasteiger charge is 2.36. The first-order chi connectivity index (χ1) is 15.0. The molecule has 2 aliphatic heterocycles. The monoisotopic (exact) mass is 426 g/mol. The van der Waals surface area contributed by atoms with Gasteiger partial charge in [-0.25, -0.2) is 0 Å². The van der Waals surface area contributed by atoms with E-state index >= 15 is 0 Å². The third-order valence-corrected chi connectivity index (χ3v) is 5.60. The first-order valence-corrected chi connectivity index (χ1v) is 10.2. The van der Waals surface area contributed by atoms with Crippen molar-refractivity contribution in [2.75, 3.05) is 38.9 Å². The van der Waals surface area contributed by atoms with E-state index in [2.05, 4.69) is 5.32 Å². The molecule has 2 atom stereocenters. The molecule has 0 aromatic heterocycles. The van der Waals surface area contributed by atoms with Crippen LogP contribution in [0, 0.1) is 5.92 Å². The van der Waals surface area contributed by atoms with Crippen molar-refractivity contribution in [3.63, 3.8) is 0 Å². The average Bonchev–Trinajstić information content (AvgIpc) is 3.20. The average molecular weight is 426 g/mol. The number of rotatable bonds is 6. The van der Waals surface area contributed by atoms with Gasteiger partial charge in [0, 0.05) is 30.3 Å². The Balaban J connectivity index is 1.45. The first-order valence-electron chi connectivity index (χ1n) is 10.2. The van der Waals surface area contributed by atoms with Gasteiger partial charge in [0.2, 0.25) is 11.8 Å². The maximum absolute atomic E-state index is 12.9. The van der Waals surface area contributed by atoms with Gasteiger partial charge in [-0.15, -0.1) is 0 Å². The van der Waals surface area contributed by atoms with E-state index in [4.69, 9.17) is 18.9 Å². The molecule has 2 aromatic carbocycles. The van der Waals surface area contributed by atoms with Crippen molar-refractivity contribution >= 4 is 17.5 Å². The number of anilines is 1. The summed E-state index contributed by atoms with van der Waals surface area (Å²) in [7, 11) is 3.17. The van der Waals surface area contributed by atoms with Gasteiger partial charge < -0.3 is 29.2 Å². The third kappa shape index (κ3) is 4.23. The standard InChI is InChI=1S/C23H26N2O6/c1-14(18-12-17(28-2)5-7-19(18)29-3)24-23(27)15-10-22(26)25(13-15)16-4-6-20-21(11-16)31-9-8-30-20/h4-7,11-12,14-15H,8-10,13H2,1-3H3,(H,24,27). The van der Waals surface area contributed by atoms with Crippen LogP contribution < -0.4 is 29.2 Å². The molecule has 1 N–H and O–H groups in total. The molecule has 31 heavy (non-hydrogen) atoms. The van der Waals surface area contributed by atoms with Crippen LogP contribution >= 0.6 is 0 Å². The van der Waals surface area contributed by atoms with Gasteiger partial charge in [0.15, 0.2) is 11.5 Å².